The Morgan fingerprint density at radius 2 is 1.78 bits per heavy atom. The second-order valence-electron chi connectivity index (χ2n) is 6.59. The molecule has 1 fully saturated rings. The predicted molar refractivity (Wildman–Crippen MR) is 103 cm³/mol. The average molecular weight is 368 g/mol. The van der Waals surface area contributed by atoms with Gasteiger partial charge in [-0.1, -0.05) is 12.1 Å². The molecule has 2 aromatic rings. The molecular weight excluding hydrogens is 344 g/mol. The summed E-state index contributed by atoms with van der Waals surface area (Å²) in [7, 11) is 1.59. The molecule has 0 saturated carbocycles. The van der Waals surface area contributed by atoms with E-state index < -0.39 is 0 Å². The molecule has 1 aliphatic rings. The lowest BCUT2D eigenvalue weighted by molar-refractivity contribution is -0.120. The summed E-state index contributed by atoms with van der Waals surface area (Å²) < 4.78 is 10.9. The van der Waals surface area contributed by atoms with E-state index in [0.29, 0.717) is 23.6 Å². The van der Waals surface area contributed by atoms with Gasteiger partial charge in [-0.3, -0.25) is 9.59 Å². The van der Waals surface area contributed by atoms with E-state index in [0.717, 1.165) is 18.4 Å². The van der Waals surface area contributed by atoms with Crippen molar-refractivity contribution in [1.82, 2.24) is 5.32 Å². The maximum absolute atomic E-state index is 12.3. The van der Waals surface area contributed by atoms with Crippen molar-refractivity contribution in [3.63, 3.8) is 0 Å². The fourth-order valence-corrected chi connectivity index (χ4v) is 3.17. The average Bonchev–Trinajstić information content (AvgIpc) is 2.68. The number of methoxy groups -OCH3 is 1. The lowest BCUT2D eigenvalue weighted by Crippen LogP contribution is -2.38. The highest BCUT2D eigenvalue weighted by Crippen LogP contribution is 2.29. The van der Waals surface area contributed by atoms with E-state index in [9.17, 15) is 9.59 Å². The van der Waals surface area contributed by atoms with Crippen LogP contribution in [0.4, 0.5) is 5.69 Å². The number of hydrogen-bond acceptors (Lipinski definition) is 4. The van der Waals surface area contributed by atoms with E-state index in [4.69, 9.17) is 9.47 Å². The number of nitrogens with one attached hydrogen (secondary N) is 2. The molecule has 1 saturated heterocycles. The van der Waals surface area contributed by atoms with Crippen LogP contribution in [0.5, 0.6) is 5.75 Å². The van der Waals surface area contributed by atoms with Gasteiger partial charge in [0.1, 0.15) is 5.75 Å². The van der Waals surface area contributed by atoms with Crippen molar-refractivity contribution in [2.75, 3.05) is 19.0 Å². The van der Waals surface area contributed by atoms with Crippen LogP contribution in [0.2, 0.25) is 0 Å². The van der Waals surface area contributed by atoms with Gasteiger partial charge < -0.3 is 20.1 Å². The normalized spacial score (nSPS) is 19.2. The highest BCUT2D eigenvalue weighted by molar-refractivity contribution is 6.04. The lowest BCUT2D eigenvalue weighted by atomic mass is 9.97. The van der Waals surface area contributed by atoms with Gasteiger partial charge in [-0.05, 0) is 54.8 Å². The van der Waals surface area contributed by atoms with E-state index in [-0.39, 0.29) is 24.0 Å². The summed E-state index contributed by atoms with van der Waals surface area (Å²) in [4.78, 5) is 23.6. The summed E-state index contributed by atoms with van der Waals surface area (Å²) in [5, 5.41) is 5.84. The minimum absolute atomic E-state index is 0.0164. The molecular formula is C21H24N2O4. The fraction of sp³-hybridized carbons (Fsp3) is 0.333. The highest BCUT2D eigenvalue weighted by atomic mass is 16.5. The largest absolute Gasteiger partial charge is 0.497 e. The molecule has 0 aromatic heterocycles. The van der Waals surface area contributed by atoms with Crippen molar-refractivity contribution in [3.05, 3.63) is 59.7 Å². The molecule has 2 atom stereocenters. The molecule has 1 aliphatic heterocycles. The minimum atomic E-state index is -0.176. The van der Waals surface area contributed by atoms with Crippen LogP contribution in [0.25, 0.3) is 0 Å². The number of ether oxygens (including phenoxy) is 2. The topological polar surface area (TPSA) is 76.7 Å². The van der Waals surface area contributed by atoms with Crippen LogP contribution < -0.4 is 15.4 Å². The second-order valence-corrected chi connectivity index (χ2v) is 6.59. The summed E-state index contributed by atoms with van der Waals surface area (Å²) in [6.45, 7) is 2.15. The van der Waals surface area contributed by atoms with Crippen molar-refractivity contribution in [2.24, 2.45) is 0 Å². The Kier molecular flexibility index (Phi) is 6.08. The zero-order valence-electron chi connectivity index (χ0n) is 15.5. The summed E-state index contributed by atoms with van der Waals surface area (Å²) >= 11 is 0. The van der Waals surface area contributed by atoms with Gasteiger partial charge in [-0.15, -0.1) is 0 Å². The van der Waals surface area contributed by atoms with Gasteiger partial charge in [0.05, 0.1) is 13.2 Å². The van der Waals surface area contributed by atoms with Crippen molar-refractivity contribution < 1.29 is 19.1 Å². The third-order valence-corrected chi connectivity index (χ3v) is 4.58. The minimum Gasteiger partial charge on any atom is -0.497 e. The quantitative estimate of drug-likeness (QED) is 0.849. The summed E-state index contributed by atoms with van der Waals surface area (Å²) in [6.07, 6.45) is 1.52. The standard InChI is InChI=1S/C21H24N2O4/c1-14(24)22-18-11-12-27-20(13-18)15-3-7-17(8-4-15)23-21(25)16-5-9-19(26-2)10-6-16/h3-10,18,20H,11-13H2,1-2H3,(H,22,24)(H,23,25)/t18-,20+/m0/s1. The second kappa shape index (κ2) is 8.68. The molecule has 2 aromatic carbocycles. The molecule has 0 spiro atoms. The van der Waals surface area contributed by atoms with Gasteiger partial charge in [0.2, 0.25) is 5.91 Å². The number of rotatable bonds is 5. The molecule has 0 radical (unpaired) electrons. The van der Waals surface area contributed by atoms with Gasteiger partial charge in [0, 0.05) is 30.8 Å². The van der Waals surface area contributed by atoms with E-state index in [1.165, 1.54) is 6.92 Å². The molecule has 0 bridgehead atoms. The van der Waals surface area contributed by atoms with Gasteiger partial charge in [0.25, 0.3) is 5.91 Å². The summed E-state index contributed by atoms with van der Waals surface area (Å²) in [6, 6.07) is 14.7. The maximum Gasteiger partial charge on any atom is 0.255 e. The highest BCUT2D eigenvalue weighted by Gasteiger charge is 2.24. The van der Waals surface area contributed by atoms with E-state index in [1.807, 2.05) is 24.3 Å². The molecule has 0 unspecified atom stereocenters. The van der Waals surface area contributed by atoms with Crippen LogP contribution in [-0.4, -0.2) is 31.6 Å². The number of amides is 2. The number of hydrogen-bond donors (Lipinski definition) is 2. The predicted octanol–water partition coefficient (Wildman–Crippen LogP) is 3.30. The Morgan fingerprint density at radius 3 is 2.41 bits per heavy atom. The molecule has 3 rings (SSSR count). The Labute approximate surface area is 158 Å². The Balaban J connectivity index is 1.61. The van der Waals surface area contributed by atoms with E-state index in [2.05, 4.69) is 10.6 Å². The van der Waals surface area contributed by atoms with Gasteiger partial charge in [-0.2, -0.15) is 0 Å². The summed E-state index contributed by atoms with van der Waals surface area (Å²) in [5.74, 6) is 0.517. The van der Waals surface area contributed by atoms with E-state index in [1.54, 1.807) is 31.4 Å². The van der Waals surface area contributed by atoms with Crippen LogP contribution in [0.3, 0.4) is 0 Å². The van der Waals surface area contributed by atoms with Gasteiger partial charge >= 0.3 is 0 Å². The monoisotopic (exact) mass is 368 g/mol. The zero-order valence-corrected chi connectivity index (χ0v) is 15.5. The molecule has 2 N–H and O–H groups in total. The SMILES string of the molecule is COc1ccc(C(=O)Nc2ccc([C@H]3C[C@@H](NC(C)=O)CCO3)cc2)cc1. The number of carbonyl (C=O) groups is 2. The van der Waals surface area contributed by atoms with Crippen molar-refractivity contribution >= 4 is 17.5 Å². The van der Waals surface area contributed by atoms with E-state index >= 15 is 0 Å². The molecule has 6 nitrogen and oxygen atoms in total. The molecule has 27 heavy (non-hydrogen) atoms. The Hall–Kier alpha value is -2.86. The number of carbonyl (C=O) groups excluding carboxylic acids is 2. The maximum atomic E-state index is 12.3. The van der Waals surface area contributed by atoms with Crippen molar-refractivity contribution in [1.29, 1.82) is 0 Å². The third-order valence-electron chi connectivity index (χ3n) is 4.58. The molecule has 6 heteroatoms. The zero-order chi connectivity index (χ0) is 19.2. The summed E-state index contributed by atoms with van der Waals surface area (Å²) in [5.41, 5.74) is 2.31. The number of anilines is 1. The lowest BCUT2D eigenvalue weighted by Gasteiger charge is -2.30. The third kappa shape index (κ3) is 5.08. The molecule has 1 heterocycles. The van der Waals surface area contributed by atoms with Gasteiger partial charge in [0.15, 0.2) is 0 Å². The van der Waals surface area contributed by atoms with Crippen molar-refractivity contribution in [2.45, 2.75) is 31.9 Å². The van der Waals surface area contributed by atoms with Crippen LogP contribution >= 0.6 is 0 Å². The Morgan fingerprint density at radius 1 is 1.07 bits per heavy atom. The molecule has 0 aliphatic carbocycles. The van der Waals surface area contributed by atoms with Gasteiger partial charge in [-0.25, -0.2) is 0 Å². The first-order chi connectivity index (χ1) is 13.0. The Bertz CT molecular complexity index is 787. The van der Waals surface area contributed by atoms with Crippen LogP contribution in [0.15, 0.2) is 48.5 Å². The smallest absolute Gasteiger partial charge is 0.255 e. The van der Waals surface area contributed by atoms with Crippen LogP contribution in [-0.2, 0) is 9.53 Å². The first-order valence-corrected chi connectivity index (χ1v) is 8.99. The molecule has 2 amide bonds. The molecule has 142 valence electrons. The fourth-order valence-electron chi connectivity index (χ4n) is 3.17. The first kappa shape index (κ1) is 18.9. The van der Waals surface area contributed by atoms with Crippen molar-refractivity contribution in [3.8, 4) is 5.75 Å². The van der Waals surface area contributed by atoms with Crippen LogP contribution in [0.1, 0.15) is 41.8 Å². The first-order valence-electron chi connectivity index (χ1n) is 8.99. The van der Waals surface area contributed by atoms with Crippen LogP contribution in [0, 0.1) is 0 Å². The number of benzene rings is 2.